The van der Waals surface area contributed by atoms with Gasteiger partial charge in [-0.3, -0.25) is 0 Å². The van der Waals surface area contributed by atoms with Crippen LogP contribution in [0.4, 0.5) is 22.0 Å². The van der Waals surface area contributed by atoms with Gasteiger partial charge in [0.05, 0.1) is 18.6 Å². The first-order valence-corrected chi connectivity index (χ1v) is 6.31. The van der Waals surface area contributed by atoms with Gasteiger partial charge in [0, 0.05) is 7.11 Å². The van der Waals surface area contributed by atoms with E-state index in [0.29, 0.717) is 5.75 Å². The molecule has 2 nitrogen and oxygen atoms in total. The minimum atomic E-state index is -5.59. The summed E-state index contributed by atoms with van der Waals surface area (Å²) in [7, 11) is 1.09. The third-order valence-corrected chi connectivity index (χ3v) is 2.76. The average Bonchev–Trinajstić information content (AvgIpc) is 2.35. The zero-order chi connectivity index (χ0) is 16.3. The molecule has 0 aromatic heterocycles. The van der Waals surface area contributed by atoms with Crippen LogP contribution in [0, 0.1) is 0 Å². The molecule has 21 heavy (non-hydrogen) atoms. The van der Waals surface area contributed by atoms with Gasteiger partial charge in [-0.05, 0) is 31.5 Å². The molecule has 0 spiro atoms. The first-order valence-electron chi connectivity index (χ1n) is 6.31. The van der Waals surface area contributed by atoms with Crippen molar-refractivity contribution in [1.82, 2.24) is 0 Å². The highest BCUT2D eigenvalue weighted by Crippen LogP contribution is 2.42. The topological polar surface area (TPSA) is 18.5 Å². The second kappa shape index (κ2) is 6.60. The quantitative estimate of drug-likeness (QED) is 0.706. The molecule has 0 saturated carbocycles. The molecule has 120 valence electrons. The average molecular weight is 312 g/mol. The fraction of sp³-hybridized carbons (Fsp3) is 0.571. The van der Waals surface area contributed by atoms with E-state index < -0.39 is 24.6 Å². The summed E-state index contributed by atoms with van der Waals surface area (Å²) in [5.74, 6) is -4.30. The van der Waals surface area contributed by atoms with Crippen molar-refractivity contribution in [2.24, 2.45) is 0 Å². The van der Waals surface area contributed by atoms with Crippen LogP contribution in [0.3, 0.4) is 0 Å². The van der Waals surface area contributed by atoms with Crippen molar-refractivity contribution in [3.8, 4) is 5.75 Å². The van der Waals surface area contributed by atoms with Crippen LogP contribution in [0.5, 0.6) is 5.75 Å². The summed E-state index contributed by atoms with van der Waals surface area (Å²) >= 11 is 0. The number of hydrogen-bond donors (Lipinski definition) is 0. The molecular weight excluding hydrogens is 295 g/mol. The number of ether oxygens (including phenoxy) is 2. The summed E-state index contributed by atoms with van der Waals surface area (Å²) in [6.07, 6.45) is -8.47. The number of methoxy groups -OCH3 is 1. The van der Waals surface area contributed by atoms with Gasteiger partial charge in [0.1, 0.15) is 5.75 Å². The largest absolute Gasteiger partial charge is 0.491 e. The minimum absolute atomic E-state index is 0.0661. The van der Waals surface area contributed by atoms with Crippen LogP contribution in [0.1, 0.15) is 31.9 Å². The van der Waals surface area contributed by atoms with Crippen molar-refractivity contribution in [2.75, 3.05) is 7.11 Å². The van der Waals surface area contributed by atoms with Crippen LogP contribution in [0.15, 0.2) is 24.3 Å². The van der Waals surface area contributed by atoms with Crippen molar-refractivity contribution < 1.29 is 31.4 Å². The number of alkyl halides is 5. The fourth-order valence-corrected chi connectivity index (χ4v) is 1.72. The Balaban J connectivity index is 2.86. The van der Waals surface area contributed by atoms with E-state index in [0.717, 1.165) is 7.11 Å². The lowest BCUT2D eigenvalue weighted by Gasteiger charge is -2.24. The molecule has 7 heteroatoms. The second-order valence-electron chi connectivity index (χ2n) is 4.87. The predicted octanol–water partition coefficient (Wildman–Crippen LogP) is 4.75. The Morgan fingerprint density at radius 3 is 1.90 bits per heavy atom. The van der Waals surface area contributed by atoms with Crippen LogP contribution < -0.4 is 4.74 Å². The summed E-state index contributed by atoms with van der Waals surface area (Å²) in [5, 5.41) is 0. The summed E-state index contributed by atoms with van der Waals surface area (Å²) in [6, 6.07) is 5.84. The standard InChI is InChI=1S/C14H17F5O2/c1-9(2)21-11-6-4-10(5-7-11)12(20-3)8-13(15,16)14(17,18)19/h4-7,9,12H,8H2,1-3H3. The summed E-state index contributed by atoms with van der Waals surface area (Å²) in [6.45, 7) is 3.63. The zero-order valence-electron chi connectivity index (χ0n) is 11.9. The van der Waals surface area contributed by atoms with Gasteiger partial charge in [-0.2, -0.15) is 22.0 Å². The molecule has 1 aromatic carbocycles. The molecule has 0 amide bonds. The molecule has 1 rings (SSSR count). The normalized spacial score (nSPS) is 14.3. The molecule has 0 N–H and O–H groups in total. The Bertz CT molecular complexity index is 440. The van der Waals surface area contributed by atoms with E-state index >= 15 is 0 Å². The highest BCUT2D eigenvalue weighted by Gasteiger charge is 2.58. The van der Waals surface area contributed by atoms with Crippen molar-refractivity contribution in [3.05, 3.63) is 29.8 Å². The second-order valence-corrected chi connectivity index (χ2v) is 4.87. The monoisotopic (exact) mass is 312 g/mol. The van der Waals surface area contributed by atoms with Crippen molar-refractivity contribution in [1.29, 1.82) is 0 Å². The molecule has 1 unspecified atom stereocenters. The molecule has 0 saturated heterocycles. The van der Waals surface area contributed by atoms with Gasteiger partial charge in [0.2, 0.25) is 0 Å². The van der Waals surface area contributed by atoms with Crippen LogP contribution in [-0.2, 0) is 4.74 Å². The van der Waals surface area contributed by atoms with E-state index in [1.807, 2.05) is 13.8 Å². The summed E-state index contributed by atoms with van der Waals surface area (Å²) in [4.78, 5) is 0. The molecule has 0 aliphatic carbocycles. The summed E-state index contributed by atoms with van der Waals surface area (Å²) < 4.78 is 73.0. The van der Waals surface area contributed by atoms with Crippen LogP contribution in [-0.4, -0.2) is 25.3 Å². The Labute approximate surface area is 119 Å². The molecule has 1 aromatic rings. The smallest absolute Gasteiger partial charge is 0.453 e. The maximum Gasteiger partial charge on any atom is 0.453 e. The zero-order valence-corrected chi connectivity index (χ0v) is 11.9. The number of hydrogen-bond acceptors (Lipinski definition) is 2. The molecule has 0 heterocycles. The Morgan fingerprint density at radius 1 is 1.00 bits per heavy atom. The Hall–Kier alpha value is -1.37. The predicted molar refractivity (Wildman–Crippen MR) is 67.6 cm³/mol. The fourth-order valence-electron chi connectivity index (χ4n) is 1.72. The van der Waals surface area contributed by atoms with E-state index in [1.54, 1.807) is 0 Å². The lowest BCUT2D eigenvalue weighted by molar-refractivity contribution is -0.291. The van der Waals surface area contributed by atoms with Gasteiger partial charge in [-0.15, -0.1) is 0 Å². The molecular formula is C14H17F5O2. The first-order chi connectivity index (χ1) is 9.56. The highest BCUT2D eigenvalue weighted by atomic mass is 19.4. The third-order valence-electron chi connectivity index (χ3n) is 2.76. The lowest BCUT2D eigenvalue weighted by atomic mass is 10.0. The highest BCUT2D eigenvalue weighted by molar-refractivity contribution is 5.29. The molecule has 0 aliphatic heterocycles. The summed E-state index contributed by atoms with van der Waals surface area (Å²) in [5.41, 5.74) is 0.234. The van der Waals surface area contributed by atoms with E-state index in [4.69, 9.17) is 9.47 Å². The van der Waals surface area contributed by atoms with Gasteiger partial charge in [-0.25, -0.2) is 0 Å². The van der Waals surface area contributed by atoms with Gasteiger partial charge in [0.25, 0.3) is 0 Å². The van der Waals surface area contributed by atoms with Crippen molar-refractivity contribution in [2.45, 2.75) is 44.6 Å². The molecule has 1 atom stereocenters. The van der Waals surface area contributed by atoms with Gasteiger partial charge >= 0.3 is 12.1 Å². The molecule has 0 radical (unpaired) electrons. The maximum atomic E-state index is 13.1. The molecule has 0 fully saturated rings. The van der Waals surface area contributed by atoms with Crippen molar-refractivity contribution in [3.63, 3.8) is 0 Å². The number of rotatable bonds is 6. The van der Waals surface area contributed by atoms with Crippen molar-refractivity contribution >= 4 is 0 Å². The minimum Gasteiger partial charge on any atom is -0.491 e. The third kappa shape index (κ3) is 4.84. The van der Waals surface area contributed by atoms with Crippen LogP contribution >= 0.6 is 0 Å². The van der Waals surface area contributed by atoms with E-state index in [1.165, 1.54) is 24.3 Å². The molecule has 0 bridgehead atoms. The first kappa shape index (κ1) is 17.7. The molecule has 0 aliphatic rings. The number of benzene rings is 1. The Morgan fingerprint density at radius 2 is 1.52 bits per heavy atom. The van der Waals surface area contributed by atoms with E-state index in [2.05, 4.69) is 0 Å². The number of halogens is 5. The van der Waals surface area contributed by atoms with Gasteiger partial charge in [0.15, 0.2) is 0 Å². The van der Waals surface area contributed by atoms with Gasteiger partial charge in [-0.1, -0.05) is 12.1 Å². The maximum absolute atomic E-state index is 13.1. The lowest BCUT2D eigenvalue weighted by Crippen LogP contribution is -2.38. The SMILES string of the molecule is COC(CC(F)(F)C(F)(F)F)c1ccc(OC(C)C)cc1. The van der Waals surface area contributed by atoms with E-state index in [9.17, 15) is 22.0 Å². The van der Waals surface area contributed by atoms with Gasteiger partial charge < -0.3 is 9.47 Å². The van der Waals surface area contributed by atoms with E-state index in [-0.39, 0.29) is 11.7 Å². The van der Waals surface area contributed by atoms with Crippen LogP contribution in [0.25, 0.3) is 0 Å². The Kier molecular flexibility index (Phi) is 5.55. The van der Waals surface area contributed by atoms with Crippen LogP contribution in [0.2, 0.25) is 0 Å².